The normalized spacial score (nSPS) is 12.9. The van der Waals surface area contributed by atoms with E-state index in [1.807, 2.05) is 26.8 Å². The SMILES string of the molecule is CCCCCCN(C(=O)C(NC(=O)OC(C)(C)C)C(C)C)C(C(=O)Nc1c(C)cccc1Cl)c1ccccc1O. The number of carbonyl (C=O) groups excluding carboxylic acids is 3. The molecule has 2 unspecified atom stereocenters. The molecule has 0 aliphatic heterocycles. The average Bonchev–Trinajstić information content (AvgIpc) is 2.86. The summed E-state index contributed by atoms with van der Waals surface area (Å²) in [6.45, 7) is 13.0. The topological polar surface area (TPSA) is 108 Å². The molecule has 0 fully saturated rings. The second-order valence-electron chi connectivity index (χ2n) is 11.3. The summed E-state index contributed by atoms with van der Waals surface area (Å²) in [5.41, 5.74) is 0.706. The van der Waals surface area contributed by atoms with Crippen LogP contribution in [0, 0.1) is 12.8 Å². The summed E-state index contributed by atoms with van der Waals surface area (Å²) in [7, 11) is 0. The molecule has 8 nitrogen and oxygen atoms in total. The summed E-state index contributed by atoms with van der Waals surface area (Å²) in [6.07, 6.45) is 2.74. The molecule has 2 atom stereocenters. The molecule has 0 aromatic heterocycles. The number of benzene rings is 2. The number of nitrogens with one attached hydrogen (secondary N) is 2. The van der Waals surface area contributed by atoms with Crippen molar-refractivity contribution in [1.82, 2.24) is 10.2 Å². The van der Waals surface area contributed by atoms with Crippen molar-refractivity contribution in [1.29, 1.82) is 0 Å². The van der Waals surface area contributed by atoms with Crippen LogP contribution in [0.2, 0.25) is 5.02 Å². The average molecular weight is 574 g/mol. The Morgan fingerprint density at radius 2 is 1.70 bits per heavy atom. The number of ether oxygens (including phenoxy) is 1. The van der Waals surface area contributed by atoms with Crippen molar-refractivity contribution in [3.8, 4) is 5.75 Å². The summed E-state index contributed by atoms with van der Waals surface area (Å²) in [4.78, 5) is 42.4. The van der Waals surface area contributed by atoms with Crippen molar-refractivity contribution in [2.24, 2.45) is 5.92 Å². The Hall–Kier alpha value is -3.26. The number of halogens is 1. The number of phenolic OH excluding ortho intramolecular Hbond substituents is 1. The van der Waals surface area contributed by atoms with Crippen LogP contribution in [0.25, 0.3) is 0 Å². The summed E-state index contributed by atoms with van der Waals surface area (Å²) < 4.78 is 5.42. The molecule has 2 rings (SSSR count). The number of aryl methyl sites for hydroxylation is 1. The Morgan fingerprint density at radius 1 is 1.02 bits per heavy atom. The van der Waals surface area contributed by atoms with Gasteiger partial charge in [0.05, 0.1) is 10.7 Å². The summed E-state index contributed by atoms with van der Waals surface area (Å²) in [6, 6.07) is 9.58. The smallest absolute Gasteiger partial charge is 0.408 e. The minimum absolute atomic E-state index is 0.119. The number of para-hydroxylation sites is 2. The Morgan fingerprint density at radius 3 is 2.27 bits per heavy atom. The Labute approximate surface area is 243 Å². The molecule has 2 aromatic rings. The zero-order chi connectivity index (χ0) is 30.0. The number of aromatic hydroxyl groups is 1. The second kappa shape index (κ2) is 14.9. The molecular weight excluding hydrogens is 530 g/mol. The predicted molar refractivity (Wildman–Crippen MR) is 160 cm³/mol. The van der Waals surface area contributed by atoms with Crippen molar-refractivity contribution in [3.05, 3.63) is 58.6 Å². The van der Waals surface area contributed by atoms with E-state index < -0.39 is 35.6 Å². The van der Waals surface area contributed by atoms with Crippen LogP contribution in [0.15, 0.2) is 42.5 Å². The van der Waals surface area contributed by atoms with Gasteiger partial charge in [0.15, 0.2) is 0 Å². The molecule has 0 bridgehead atoms. The number of hydrogen-bond donors (Lipinski definition) is 3. The second-order valence-corrected chi connectivity index (χ2v) is 11.7. The van der Waals surface area contributed by atoms with Gasteiger partial charge in [-0.25, -0.2) is 4.79 Å². The van der Waals surface area contributed by atoms with Gasteiger partial charge >= 0.3 is 6.09 Å². The maximum Gasteiger partial charge on any atom is 0.408 e. The van der Waals surface area contributed by atoms with Crippen LogP contribution in [0.4, 0.5) is 10.5 Å². The number of unbranched alkanes of at least 4 members (excludes halogenated alkanes) is 3. The van der Waals surface area contributed by atoms with Crippen LogP contribution in [0.3, 0.4) is 0 Å². The van der Waals surface area contributed by atoms with Crippen LogP contribution in [0.5, 0.6) is 5.75 Å². The third-order valence-electron chi connectivity index (χ3n) is 6.40. The van der Waals surface area contributed by atoms with Gasteiger partial charge in [-0.15, -0.1) is 0 Å². The van der Waals surface area contributed by atoms with Crippen LogP contribution in [-0.2, 0) is 14.3 Å². The Bertz CT molecular complexity index is 1140. The number of phenols is 1. The third kappa shape index (κ3) is 9.44. The van der Waals surface area contributed by atoms with E-state index in [0.717, 1.165) is 24.8 Å². The number of alkyl carbamates (subject to hydrolysis) is 1. The number of amides is 3. The molecule has 3 amide bonds. The molecule has 9 heteroatoms. The molecule has 0 aliphatic rings. The molecule has 0 heterocycles. The molecule has 0 aliphatic carbocycles. The number of hydrogen-bond acceptors (Lipinski definition) is 5. The van der Waals surface area contributed by atoms with Crippen LogP contribution in [-0.4, -0.2) is 46.1 Å². The van der Waals surface area contributed by atoms with E-state index in [1.54, 1.807) is 51.1 Å². The third-order valence-corrected chi connectivity index (χ3v) is 6.72. The van der Waals surface area contributed by atoms with Crippen molar-refractivity contribution >= 4 is 35.2 Å². The van der Waals surface area contributed by atoms with Gasteiger partial charge in [0, 0.05) is 12.1 Å². The lowest BCUT2D eigenvalue weighted by Crippen LogP contribution is -2.54. The van der Waals surface area contributed by atoms with E-state index in [2.05, 4.69) is 17.6 Å². The van der Waals surface area contributed by atoms with Gasteiger partial charge in [0.25, 0.3) is 5.91 Å². The first-order chi connectivity index (χ1) is 18.8. The minimum atomic E-state index is -1.19. The zero-order valence-corrected chi connectivity index (χ0v) is 25.5. The quantitative estimate of drug-likeness (QED) is 0.237. The summed E-state index contributed by atoms with van der Waals surface area (Å²) >= 11 is 6.41. The molecule has 0 saturated heterocycles. The highest BCUT2D eigenvalue weighted by Crippen LogP contribution is 2.33. The van der Waals surface area contributed by atoms with Crippen LogP contribution < -0.4 is 10.6 Å². The molecule has 0 radical (unpaired) electrons. The largest absolute Gasteiger partial charge is 0.508 e. The van der Waals surface area contributed by atoms with Crippen LogP contribution >= 0.6 is 11.6 Å². The van der Waals surface area contributed by atoms with Crippen molar-refractivity contribution in [2.45, 2.75) is 91.8 Å². The highest BCUT2D eigenvalue weighted by atomic mass is 35.5. The Kier molecular flexibility index (Phi) is 12.3. The lowest BCUT2D eigenvalue weighted by molar-refractivity contribution is -0.141. The first kappa shape index (κ1) is 32.9. The molecule has 2 aromatic carbocycles. The van der Waals surface area contributed by atoms with Gasteiger partial charge in [-0.2, -0.15) is 0 Å². The van der Waals surface area contributed by atoms with Gasteiger partial charge in [-0.1, -0.05) is 82.0 Å². The van der Waals surface area contributed by atoms with Gasteiger partial charge in [0.1, 0.15) is 23.4 Å². The lowest BCUT2D eigenvalue weighted by Gasteiger charge is -2.36. The predicted octanol–water partition coefficient (Wildman–Crippen LogP) is 6.99. The molecule has 220 valence electrons. The number of carbonyl (C=O) groups is 3. The number of anilines is 1. The fraction of sp³-hybridized carbons (Fsp3) is 0.516. The highest BCUT2D eigenvalue weighted by molar-refractivity contribution is 6.34. The van der Waals surface area contributed by atoms with E-state index >= 15 is 0 Å². The van der Waals surface area contributed by atoms with E-state index in [4.69, 9.17) is 16.3 Å². The van der Waals surface area contributed by atoms with Crippen molar-refractivity contribution in [3.63, 3.8) is 0 Å². The fourth-order valence-electron chi connectivity index (χ4n) is 4.35. The molecular formula is C31H44ClN3O5. The fourth-order valence-corrected chi connectivity index (χ4v) is 4.62. The standard InChI is InChI=1S/C31H44ClN3O5/c1-8-9-10-13-19-35(29(38)25(20(2)3)34-30(39)40-31(5,6)7)27(22-16-11-12-18-24(22)36)28(37)33-26-21(4)15-14-17-23(26)32/h11-12,14-18,20,25,27,36H,8-10,13,19H2,1-7H3,(H,33,37)(H,34,39). The van der Waals surface area contributed by atoms with E-state index in [-0.39, 0.29) is 23.8 Å². The lowest BCUT2D eigenvalue weighted by atomic mass is 9.97. The van der Waals surface area contributed by atoms with Crippen LogP contribution in [0.1, 0.15) is 84.4 Å². The number of nitrogens with zero attached hydrogens (tertiary/aromatic N) is 1. The first-order valence-electron chi connectivity index (χ1n) is 13.9. The monoisotopic (exact) mass is 573 g/mol. The summed E-state index contributed by atoms with van der Waals surface area (Å²) in [5, 5.41) is 16.8. The molecule has 0 spiro atoms. The minimum Gasteiger partial charge on any atom is -0.508 e. The van der Waals surface area contributed by atoms with Gasteiger partial charge in [-0.3, -0.25) is 9.59 Å². The summed E-state index contributed by atoms with van der Waals surface area (Å²) in [5.74, 6) is -1.40. The highest BCUT2D eigenvalue weighted by Gasteiger charge is 2.38. The molecule has 40 heavy (non-hydrogen) atoms. The molecule has 3 N–H and O–H groups in total. The number of rotatable bonds is 12. The van der Waals surface area contributed by atoms with E-state index in [0.29, 0.717) is 17.1 Å². The van der Waals surface area contributed by atoms with Crippen molar-refractivity contribution in [2.75, 3.05) is 11.9 Å². The van der Waals surface area contributed by atoms with Gasteiger partial charge in [-0.05, 0) is 57.7 Å². The Balaban J connectivity index is 2.58. The van der Waals surface area contributed by atoms with Gasteiger partial charge < -0.3 is 25.4 Å². The molecule has 0 saturated carbocycles. The van der Waals surface area contributed by atoms with E-state index in [9.17, 15) is 19.5 Å². The maximum atomic E-state index is 14.2. The zero-order valence-electron chi connectivity index (χ0n) is 24.7. The van der Waals surface area contributed by atoms with E-state index in [1.165, 1.54) is 11.0 Å². The van der Waals surface area contributed by atoms with Crippen molar-refractivity contribution < 1.29 is 24.2 Å². The maximum absolute atomic E-state index is 14.2. The first-order valence-corrected chi connectivity index (χ1v) is 14.3. The van der Waals surface area contributed by atoms with Gasteiger partial charge in [0.2, 0.25) is 5.91 Å².